The number of hydrogen-bond donors (Lipinski definition) is 1. The van der Waals surface area contributed by atoms with E-state index in [0.29, 0.717) is 24.7 Å². The second-order valence-electron chi connectivity index (χ2n) is 3.15. The lowest BCUT2D eigenvalue weighted by molar-refractivity contribution is 0.145. The number of carbonyl (C=O) groups is 1. The van der Waals surface area contributed by atoms with Gasteiger partial charge in [-0.05, 0) is 6.92 Å². The Balaban J connectivity index is 2.16. The summed E-state index contributed by atoms with van der Waals surface area (Å²) in [6.45, 7) is 2.51. The normalized spacial score (nSPS) is 21.4. The number of nitrogens with zero attached hydrogens (tertiary/aromatic N) is 2. The number of cyclic esters (lactones) is 1. The molecule has 0 aliphatic carbocycles. The number of carbonyl (C=O) groups excluding carboxylic acids is 1. The van der Waals surface area contributed by atoms with Gasteiger partial charge in [0.1, 0.15) is 11.9 Å². The maximum Gasteiger partial charge on any atom is 0.416 e. The molecule has 6 heteroatoms. The first kappa shape index (κ1) is 9.01. The average Bonchev–Trinajstić information content (AvgIpc) is 2.71. The summed E-state index contributed by atoms with van der Waals surface area (Å²) in [5, 5.41) is 3.73. The Morgan fingerprint density at radius 1 is 1.79 bits per heavy atom. The summed E-state index contributed by atoms with van der Waals surface area (Å²) < 4.78 is 9.83. The van der Waals surface area contributed by atoms with Gasteiger partial charge in [0.15, 0.2) is 5.82 Å². The predicted octanol–water partition coefficient (Wildman–Crippen LogP) is 0.267. The van der Waals surface area contributed by atoms with Gasteiger partial charge >= 0.3 is 6.09 Å². The zero-order valence-corrected chi connectivity index (χ0v) is 7.77. The molecule has 2 N–H and O–H groups in total. The van der Waals surface area contributed by atoms with Crippen molar-refractivity contribution < 1.29 is 14.1 Å². The fourth-order valence-corrected chi connectivity index (χ4v) is 1.31. The minimum atomic E-state index is -0.422. The van der Waals surface area contributed by atoms with Crippen molar-refractivity contribution in [2.45, 2.75) is 13.0 Å². The molecule has 1 amide bonds. The molecule has 0 spiro atoms. The van der Waals surface area contributed by atoms with Crippen LogP contribution >= 0.6 is 0 Å². The van der Waals surface area contributed by atoms with Crippen molar-refractivity contribution in [2.75, 3.05) is 18.0 Å². The smallest absolute Gasteiger partial charge is 0.416 e. The number of nitrogens with two attached hydrogens (primary N) is 1. The zero-order valence-electron chi connectivity index (χ0n) is 7.77. The van der Waals surface area contributed by atoms with Crippen molar-refractivity contribution in [2.24, 2.45) is 5.73 Å². The Kier molecular flexibility index (Phi) is 2.12. The van der Waals surface area contributed by atoms with Crippen LogP contribution in [0.5, 0.6) is 0 Å². The molecule has 1 aliphatic heterocycles. The van der Waals surface area contributed by atoms with Crippen molar-refractivity contribution >= 4 is 11.9 Å². The van der Waals surface area contributed by atoms with Crippen molar-refractivity contribution in [3.05, 3.63) is 11.8 Å². The first-order valence-corrected chi connectivity index (χ1v) is 4.32. The summed E-state index contributed by atoms with van der Waals surface area (Å²) in [6, 6.07) is 1.68. The third kappa shape index (κ3) is 1.44. The van der Waals surface area contributed by atoms with Gasteiger partial charge in [0.2, 0.25) is 0 Å². The Morgan fingerprint density at radius 3 is 3.07 bits per heavy atom. The predicted molar refractivity (Wildman–Crippen MR) is 47.9 cm³/mol. The van der Waals surface area contributed by atoms with E-state index in [9.17, 15) is 4.79 Å². The molecular formula is C8H11N3O3. The fourth-order valence-electron chi connectivity index (χ4n) is 1.31. The molecule has 14 heavy (non-hydrogen) atoms. The summed E-state index contributed by atoms with van der Waals surface area (Å²) in [7, 11) is 0. The van der Waals surface area contributed by atoms with Gasteiger partial charge < -0.3 is 15.0 Å². The van der Waals surface area contributed by atoms with E-state index in [0.717, 1.165) is 0 Å². The van der Waals surface area contributed by atoms with Gasteiger partial charge in [-0.15, -0.1) is 0 Å². The third-order valence-corrected chi connectivity index (χ3v) is 2.03. The number of aromatic nitrogens is 1. The molecule has 1 atom stereocenters. The van der Waals surface area contributed by atoms with E-state index in [1.54, 1.807) is 13.0 Å². The van der Waals surface area contributed by atoms with Crippen LogP contribution in [0.2, 0.25) is 0 Å². The van der Waals surface area contributed by atoms with Crippen molar-refractivity contribution in [1.82, 2.24) is 5.16 Å². The Hall–Kier alpha value is -1.56. The van der Waals surface area contributed by atoms with Crippen molar-refractivity contribution in [1.29, 1.82) is 0 Å². The van der Waals surface area contributed by atoms with Crippen LogP contribution in [0.4, 0.5) is 10.6 Å². The van der Waals surface area contributed by atoms with Crippen LogP contribution in [-0.4, -0.2) is 30.4 Å². The molecular weight excluding hydrogens is 186 g/mol. The SMILES string of the molecule is Cc1cc(N2CC(CN)OC2=O)no1. The number of ether oxygens (including phenoxy) is 1. The lowest BCUT2D eigenvalue weighted by atomic mass is 10.3. The molecule has 76 valence electrons. The minimum Gasteiger partial charge on any atom is -0.443 e. The first-order chi connectivity index (χ1) is 6.70. The van der Waals surface area contributed by atoms with E-state index in [1.807, 2.05) is 0 Å². The van der Waals surface area contributed by atoms with E-state index < -0.39 is 6.09 Å². The summed E-state index contributed by atoms with van der Waals surface area (Å²) in [5.74, 6) is 1.13. The number of rotatable bonds is 2. The van der Waals surface area contributed by atoms with Gasteiger partial charge in [-0.25, -0.2) is 4.79 Å². The number of hydrogen-bond acceptors (Lipinski definition) is 5. The summed E-state index contributed by atoms with van der Waals surface area (Å²) in [5.41, 5.74) is 5.39. The van der Waals surface area contributed by atoms with Crippen LogP contribution in [0.15, 0.2) is 10.6 Å². The lowest BCUT2D eigenvalue weighted by Crippen LogP contribution is -2.27. The molecule has 1 saturated heterocycles. The Bertz CT molecular complexity index is 349. The topological polar surface area (TPSA) is 81.6 Å². The molecule has 2 rings (SSSR count). The van der Waals surface area contributed by atoms with Crippen molar-refractivity contribution in [3.63, 3.8) is 0 Å². The Labute approximate surface area is 80.6 Å². The van der Waals surface area contributed by atoms with Crippen LogP contribution in [0.1, 0.15) is 5.76 Å². The lowest BCUT2D eigenvalue weighted by Gasteiger charge is -2.06. The number of aryl methyl sites for hydroxylation is 1. The molecule has 1 aromatic heterocycles. The maximum absolute atomic E-state index is 11.3. The van der Waals surface area contributed by atoms with Gasteiger partial charge in [-0.3, -0.25) is 4.90 Å². The maximum atomic E-state index is 11.3. The third-order valence-electron chi connectivity index (χ3n) is 2.03. The highest BCUT2D eigenvalue weighted by atomic mass is 16.6. The molecule has 2 heterocycles. The molecule has 6 nitrogen and oxygen atoms in total. The quantitative estimate of drug-likeness (QED) is 0.735. The van der Waals surface area contributed by atoms with E-state index in [2.05, 4.69) is 5.16 Å². The fraction of sp³-hybridized carbons (Fsp3) is 0.500. The summed E-state index contributed by atoms with van der Waals surface area (Å²) in [6.07, 6.45) is -0.673. The molecule has 0 bridgehead atoms. The van der Waals surface area contributed by atoms with E-state index >= 15 is 0 Å². The molecule has 0 aromatic carbocycles. The van der Waals surface area contributed by atoms with E-state index in [1.165, 1.54) is 4.90 Å². The van der Waals surface area contributed by atoms with E-state index in [-0.39, 0.29) is 6.10 Å². The number of anilines is 1. The van der Waals surface area contributed by atoms with Gasteiger partial charge in [-0.1, -0.05) is 5.16 Å². The van der Waals surface area contributed by atoms with Crippen LogP contribution in [0.3, 0.4) is 0 Å². The van der Waals surface area contributed by atoms with Gasteiger partial charge in [-0.2, -0.15) is 0 Å². The zero-order chi connectivity index (χ0) is 10.1. The largest absolute Gasteiger partial charge is 0.443 e. The highest BCUT2D eigenvalue weighted by Crippen LogP contribution is 2.20. The molecule has 1 fully saturated rings. The van der Waals surface area contributed by atoms with Crippen molar-refractivity contribution in [3.8, 4) is 0 Å². The average molecular weight is 197 g/mol. The first-order valence-electron chi connectivity index (χ1n) is 4.32. The standard InChI is InChI=1S/C8H11N3O3/c1-5-2-7(10-14-5)11-4-6(3-9)13-8(11)12/h2,6H,3-4,9H2,1H3. The number of amides is 1. The van der Waals surface area contributed by atoms with Crippen LogP contribution in [0.25, 0.3) is 0 Å². The molecule has 1 aromatic rings. The molecule has 0 radical (unpaired) electrons. The highest BCUT2D eigenvalue weighted by molar-refractivity contribution is 5.88. The second kappa shape index (κ2) is 3.30. The van der Waals surface area contributed by atoms with Crippen LogP contribution in [0, 0.1) is 6.92 Å². The summed E-state index contributed by atoms with van der Waals surface area (Å²) in [4.78, 5) is 12.7. The Morgan fingerprint density at radius 2 is 2.57 bits per heavy atom. The highest BCUT2D eigenvalue weighted by Gasteiger charge is 2.33. The molecule has 1 unspecified atom stereocenters. The molecule has 1 aliphatic rings. The van der Waals surface area contributed by atoms with E-state index in [4.69, 9.17) is 15.0 Å². The second-order valence-corrected chi connectivity index (χ2v) is 3.15. The van der Waals surface area contributed by atoms with Gasteiger partial charge in [0, 0.05) is 12.6 Å². The van der Waals surface area contributed by atoms with Crippen LogP contribution < -0.4 is 10.6 Å². The molecule has 0 saturated carbocycles. The summed E-state index contributed by atoms with van der Waals surface area (Å²) >= 11 is 0. The van der Waals surface area contributed by atoms with Crippen LogP contribution in [-0.2, 0) is 4.74 Å². The van der Waals surface area contributed by atoms with Gasteiger partial charge in [0.25, 0.3) is 0 Å². The van der Waals surface area contributed by atoms with Gasteiger partial charge in [0.05, 0.1) is 6.54 Å². The monoisotopic (exact) mass is 197 g/mol. The minimum absolute atomic E-state index is 0.250.